The number of carbonyl (C=O) groups excluding carboxylic acids is 9. The molecule has 3 aromatic carbocycles. The van der Waals surface area contributed by atoms with E-state index < -0.39 is 103 Å². The van der Waals surface area contributed by atoms with Crippen molar-refractivity contribution in [2.45, 2.75) is 76.8 Å². The van der Waals surface area contributed by atoms with Crippen molar-refractivity contribution >= 4 is 64.0 Å². The predicted molar refractivity (Wildman–Crippen MR) is 271 cm³/mol. The number of rotatable bonds is 19. The van der Waals surface area contributed by atoms with Crippen LogP contribution in [0.1, 0.15) is 71.2 Å². The van der Waals surface area contributed by atoms with E-state index in [2.05, 4.69) is 26.6 Å². The standard InChI is InChI=1S/C54H58FN9O13/c1-3-54(75)37-22-41-34-20-32-21-38(55)30(2)33-9-10-39(50(49(32)33)35(34)25-64(41)52(73)36(37)27-77-53(54)74)59-45(68)28-76-29-58-42(65)23-57-51(72)40(19-31-7-5-4-6-8-31)60-43(66)24-56-44(67)26-61-15-17-62(18-16-61)46(69)13-14-63-47(70)11-12-48(63)71/h4-8,11-12,20-22,39-40,75H,3,9-10,13-19,23-29H2,1-2H3,(H,56,67)(H,57,72)(H,58,65)(H,59,68)(H,60,66)/t39-,40-,54-/m0/s1. The summed E-state index contributed by atoms with van der Waals surface area (Å²) in [5.41, 5.74) is 2.35. The van der Waals surface area contributed by atoms with Crippen molar-refractivity contribution < 1.29 is 62.1 Å². The Morgan fingerprint density at radius 1 is 0.870 bits per heavy atom. The molecular formula is C54H58FN9O13. The van der Waals surface area contributed by atoms with Crippen LogP contribution in [0.15, 0.2) is 65.5 Å². The van der Waals surface area contributed by atoms with Crippen LogP contribution in [0.4, 0.5) is 4.39 Å². The molecule has 1 saturated heterocycles. The number of imide groups is 1. The van der Waals surface area contributed by atoms with Gasteiger partial charge in [0.2, 0.25) is 35.4 Å². The van der Waals surface area contributed by atoms with Crippen molar-refractivity contribution in [1.29, 1.82) is 0 Å². The molecule has 1 aromatic heterocycles. The maximum absolute atomic E-state index is 15.4. The van der Waals surface area contributed by atoms with Crippen LogP contribution >= 0.6 is 0 Å². The number of ether oxygens (including phenoxy) is 2. The Labute approximate surface area is 440 Å². The molecule has 0 saturated carbocycles. The number of halogens is 1. The minimum absolute atomic E-state index is 0.0152. The van der Waals surface area contributed by atoms with E-state index in [1.165, 1.54) is 10.6 Å². The third kappa shape index (κ3) is 11.2. The summed E-state index contributed by atoms with van der Waals surface area (Å²) < 4.78 is 27.7. The first-order chi connectivity index (χ1) is 36.9. The van der Waals surface area contributed by atoms with Gasteiger partial charge in [0, 0.05) is 68.8 Å². The molecule has 1 aliphatic carbocycles. The minimum atomic E-state index is -2.02. The highest BCUT2D eigenvalue weighted by molar-refractivity contribution is 6.13. The maximum Gasteiger partial charge on any atom is 0.343 e. The van der Waals surface area contributed by atoms with Crippen molar-refractivity contribution in [3.05, 3.63) is 116 Å². The number of aromatic nitrogens is 1. The summed E-state index contributed by atoms with van der Waals surface area (Å²) in [6, 6.07) is 12.0. The van der Waals surface area contributed by atoms with E-state index in [0.29, 0.717) is 72.4 Å². The number of esters is 1. The predicted octanol–water partition coefficient (Wildman–Crippen LogP) is -0.255. The van der Waals surface area contributed by atoms with Gasteiger partial charge in [-0.05, 0) is 83.0 Å². The zero-order valence-corrected chi connectivity index (χ0v) is 42.5. The fraction of sp³-hybridized carbons (Fsp3) is 0.407. The molecule has 3 atom stereocenters. The molecule has 22 nitrogen and oxygen atoms in total. The first-order valence-corrected chi connectivity index (χ1v) is 25.4. The molecule has 0 bridgehead atoms. The molecule has 77 heavy (non-hydrogen) atoms. The van der Waals surface area contributed by atoms with Gasteiger partial charge in [0.05, 0.1) is 43.5 Å². The molecule has 0 unspecified atom stereocenters. The lowest BCUT2D eigenvalue weighted by Crippen LogP contribution is -2.53. The number of fused-ring (bicyclic) bond motifs is 5. The number of nitrogens with zero attached hydrogens (tertiary/aromatic N) is 4. The fourth-order valence-electron chi connectivity index (χ4n) is 10.7. The van der Waals surface area contributed by atoms with Gasteiger partial charge in [-0.15, -0.1) is 0 Å². The van der Waals surface area contributed by atoms with Crippen molar-refractivity contribution in [3.8, 4) is 11.3 Å². The minimum Gasteiger partial charge on any atom is -0.458 e. The SMILES string of the molecule is CC[C@@]1(O)C(=O)OCc2c1cc1n(c2=O)Cc2c-1cc1cc(F)c(C)c3c1c2[C@@H](NC(=O)COCNC(=O)CNC(=O)[C@H](Cc1ccccc1)NC(=O)CNC(=O)CN1CCN(C(=O)CCN2C(=O)C=CC2=O)CC1)CC3. The summed E-state index contributed by atoms with van der Waals surface area (Å²) in [7, 11) is 0. The largest absolute Gasteiger partial charge is 0.458 e. The number of benzene rings is 3. The second kappa shape index (κ2) is 22.6. The van der Waals surface area contributed by atoms with Gasteiger partial charge in [0.15, 0.2) is 5.60 Å². The van der Waals surface area contributed by atoms with Crippen molar-refractivity contribution in [2.75, 3.05) is 65.7 Å². The lowest BCUT2D eigenvalue weighted by atomic mass is 9.79. The Bertz CT molecular complexity index is 3190. The van der Waals surface area contributed by atoms with Gasteiger partial charge in [0.1, 0.15) is 31.8 Å². The second-order valence-electron chi connectivity index (χ2n) is 19.6. The zero-order chi connectivity index (χ0) is 54.7. The lowest BCUT2D eigenvalue weighted by Gasteiger charge is -2.34. The number of pyridine rings is 1. The first kappa shape index (κ1) is 53.7. The van der Waals surface area contributed by atoms with Crippen LogP contribution < -0.4 is 32.1 Å². The number of hydrogen-bond donors (Lipinski definition) is 6. The highest BCUT2D eigenvalue weighted by atomic mass is 19.1. The number of amides is 8. The molecule has 6 N–H and O–H groups in total. The molecule has 5 aliphatic rings. The molecule has 404 valence electrons. The van der Waals surface area contributed by atoms with Crippen LogP contribution in [0.3, 0.4) is 0 Å². The van der Waals surface area contributed by atoms with Gasteiger partial charge >= 0.3 is 5.97 Å². The van der Waals surface area contributed by atoms with Crippen molar-refractivity contribution in [2.24, 2.45) is 0 Å². The second-order valence-corrected chi connectivity index (χ2v) is 19.6. The average Bonchev–Trinajstić information content (AvgIpc) is 4.07. The quantitative estimate of drug-likeness (QED) is 0.0269. The van der Waals surface area contributed by atoms with E-state index in [0.717, 1.165) is 33.6 Å². The summed E-state index contributed by atoms with van der Waals surface area (Å²) >= 11 is 0. The topological polar surface area (TPSA) is 284 Å². The maximum atomic E-state index is 15.4. The van der Waals surface area contributed by atoms with E-state index in [1.807, 2.05) is 4.90 Å². The van der Waals surface area contributed by atoms with Gasteiger partial charge in [-0.1, -0.05) is 37.3 Å². The Morgan fingerprint density at radius 2 is 1.60 bits per heavy atom. The molecule has 23 heteroatoms. The third-order valence-corrected chi connectivity index (χ3v) is 14.9. The summed E-state index contributed by atoms with van der Waals surface area (Å²) in [5.74, 6) is -5.37. The molecule has 4 aliphatic heterocycles. The van der Waals surface area contributed by atoms with E-state index in [4.69, 9.17) is 9.47 Å². The van der Waals surface area contributed by atoms with Gasteiger partial charge in [-0.3, -0.25) is 53.0 Å². The average molecular weight is 1060 g/mol. The zero-order valence-electron chi connectivity index (χ0n) is 42.5. The van der Waals surface area contributed by atoms with Crippen molar-refractivity contribution in [3.63, 3.8) is 0 Å². The molecule has 1 fully saturated rings. The molecule has 0 spiro atoms. The fourth-order valence-corrected chi connectivity index (χ4v) is 10.7. The van der Waals surface area contributed by atoms with Gasteiger partial charge < -0.3 is 50.6 Å². The van der Waals surface area contributed by atoms with Crippen LogP contribution in [0.25, 0.3) is 22.0 Å². The van der Waals surface area contributed by atoms with Crippen LogP contribution in [-0.4, -0.2) is 149 Å². The number of aryl methyl sites for hydroxylation is 1. The Morgan fingerprint density at radius 3 is 2.32 bits per heavy atom. The summed E-state index contributed by atoms with van der Waals surface area (Å²) in [6.07, 6.45) is 3.17. The molecular weight excluding hydrogens is 1000 g/mol. The number of hydrogen-bond acceptors (Lipinski definition) is 14. The molecule has 9 rings (SSSR count). The van der Waals surface area contributed by atoms with E-state index in [-0.39, 0.29) is 62.5 Å². The number of cyclic esters (lactones) is 1. The summed E-state index contributed by atoms with van der Waals surface area (Å²) in [4.78, 5) is 133. The summed E-state index contributed by atoms with van der Waals surface area (Å²) in [6.45, 7) is 2.65. The number of carbonyl (C=O) groups is 9. The number of nitrogens with one attached hydrogen (secondary N) is 5. The van der Waals surface area contributed by atoms with Gasteiger partial charge in [-0.2, -0.15) is 0 Å². The van der Waals surface area contributed by atoms with Gasteiger partial charge in [0.25, 0.3) is 17.4 Å². The Kier molecular flexibility index (Phi) is 15.7. The van der Waals surface area contributed by atoms with Crippen LogP contribution in [0.2, 0.25) is 0 Å². The van der Waals surface area contributed by atoms with Crippen LogP contribution in [0, 0.1) is 12.7 Å². The highest BCUT2D eigenvalue weighted by Crippen LogP contribution is 2.47. The number of aliphatic hydroxyl groups is 1. The Hall–Kier alpha value is -8.15. The smallest absolute Gasteiger partial charge is 0.343 e. The lowest BCUT2D eigenvalue weighted by molar-refractivity contribution is -0.172. The number of piperazine rings is 1. The first-order valence-electron chi connectivity index (χ1n) is 25.4. The normalized spacial score (nSPS) is 18.8. The molecule has 5 heterocycles. The summed E-state index contributed by atoms with van der Waals surface area (Å²) in [5, 5.41) is 25.9. The van der Waals surface area contributed by atoms with E-state index in [9.17, 15) is 53.1 Å². The van der Waals surface area contributed by atoms with E-state index >= 15 is 4.39 Å². The van der Waals surface area contributed by atoms with E-state index in [1.54, 1.807) is 61.2 Å². The highest BCUT2D eigenvalue weighted by Gasteiger charge is 2.46. The molecule has 8 amide bonds. The van der Waals surface area contributed by atoms with Crippen LogP contribution in [0.5, 0.6) is 0 Å². The van der Waals surface area contributed by atoms with Crippen LogP contribution in [-0.2, 0) is 84.2 Å². The molecule has 0 radical (unpaired) electrons. The Balaban J connectivity index is 0.746. The third-order valence-electron chi connectivity index (χ3n) is 14.9. The van der Waals surface area contributed by atoms with Crippen molar-refractivity contribution in [1.82, 2.24) is 45.9 Å². The molecule has 4 aromatic rings. The monoisotopic (exact) mass is 1060 g/mol. The van der Waals surface area contributed by atoms with Gasteiger partial charge in [-0.25, -0.2) is 9.18 Å².